The molecule has 1 aromatic carbocycles. The lowest BCUT2D eigenvalue weighted by atomic mass is 10.1. The Morgan fingerprint density at radius 3 is 2.67 bits per heavy atom. The summed E-state index contributed by atoms with van der Waals surface area (Å²) < 4.78 is 5.18. The SMILES string of the molecule is COc1c(C)cc(Cl)cc1CN. The lowest BCUT2D eigenvalue weighted by Crippen LogP contribution is -2.01. The van der Waals surface area contributed by atoms with Gasteiger partial charge in [0.2, 0.25) is 0 Å². The zero-order valence-electron chi connectivity index (χ0n) is 7.23. The highest BCUT2D eigenvalue weighted by Crippen LogP contribution is 2.26. The molecule has 0 radical (unpaired) electrons. The highest BCUT2D eigenvalue weighted by atomic mass is 35.5. The van der Waals surface area contributed by atoms with Crippen molar-refractivity contribution in [3.05, 3.63) is 28.3 Å². The summed E-state index contributed by atoms with van der Waals surface area (Å²) in [7, 11) is 1.63. The molecule has 0 aromatic heterocycles. The van der Waals surface area contributed by atoms with E-state index in [0.29, 0.717) is 11.6 Å². The topological polar surface area (TPSA) is 35.2 Å². The van der Waals surface area contributed by atoms with Crippen LogP contribution in [-0.2, 0) is 6.54 Å². The monoisotopic (exact) mass is 185 g/mol. The van der Waals surface area contributed by atoms with Crippen molar-refractivity contribution in [2.45, 2.75) is 13.5 Å². The van der Waals surface area contributed by atoms with Crippen molar-refractivity contribution in [2.75, 3.05) is 7.11 Å². The first-order chi connectivity index (χ1) is 5.69. The summed E-state index contributed by atoms with van der Waals surface area (Å²) in [4.78, 5) is 0. The molecule has 2 N–H and O–H groups in total. The molecule has 12 heavy (non-hydrogen) atoms. The summed E-state index contributed by atoms with van der Waals surface area (Å²) in [6.45, 7) is 2.40. The van der Waals surface area contributed by atoms with Gasteiger partial charge in [-0.3, -0.25) is 0 Å². The van der Waals surface area contributed by atoms with Crippen molar-refractivity contribution in [1.29, 1.82) is 0 Å². The Morgan fingerprint density at radius 1 is 1.50 bits per heavy atom. The summed E-state index contributed by atoms with van der Waals surface area (Å²) in [5.41, 5.74) is 7.49. The second-order valence-corrected chi connectivity index (χ2v) is 3.06. The molecule has 0 fully saturated rings. The van der Waals surface area contributed by atoms with Gasteiger partial charge < -0.3 is 10.5 Å². The second kappa shape index (κ2) is 3.78. The molecule has 0 saturated heterocycles. The molecule has 0 aliphatic rings. The Hall–Kier alpha value is -0.730. The molecule has 0 aliphatic carbocycles. The number of hydrogen-bond donors (Lipinski definition) is 1. The van der Waals surface area contributed by atoms with E-state index < -0.39 is 0 Å². The molecule has 0 heterocycles. The van der Waals surface area contributed by atoms with Crippen molar-refractivity contribution in [3.8, 4) is 5.75 Å². The predicted molar refractivity (Wildman–Crippen MR) is 50.6 cm³/mol. The summed E-state index contributed by atoms with van der Waals surface area (Å²) >= 11 is 5.85. The lowest BCUT2D eigenvalue weighted by molar-refractivity contribution is 0.406. The first kappa shape index (κ1) is 9.36. The van der Waals surface area contributed by atoms with E-state index in [2.05, 4.69) is 0 Å². The van der Waals surface area contributed by atoms with Gasteiger partial charge >= 0.3 is 0 Å². The highest BCUT2D eigenvalue weighted by molar-refractivity contribution is 6.30. The molecule has 3 heteroatoms. The van der Waals surface area contributed by atoms with E-state index in [9.17, 15) is 0 Å². The number of ether oxygens (including phenoxy) is 1. The van der Waals surface area contributed by atoms with Gasteiger partial charge in [0.05, 0.1) is 7.11 Å². The molecule has 0 amide bonds. The molecule has 0 atom stereocenters. The molecule has 66 valence electrons. The minimum Gasteiger partial charge on any atom is -0.496 e. The maximum absolute atomic E-state index is 5.85. The number of halogens is 1. The molecular formula is C9H12ClNO. The fourth-order valence-electron chi connectivity index (χ4n) is 1.24. The zero-order valence-corrected chi connectivity index (χ0v) is 7.98. The molecule has 0 saturated carbocycles. The van der Waals surface area contributed by atoms with Gasteiger partial charge in [-0.05, 0) is 24.6 Å². The van der Waals surface area contributed by atoms with Gasteiger partial charge in [0.1, 0.15) is 5.75 Å². The van der Waals surface area contributed by atoms with Crippen LogP contribution < -0.4 is 10.5 Å². The minimum atomic E-state index is 0.449. The Morgan fingerprint density at radius 2 is 2.17 bits per heavy atom. The van der Waals surface area contributed by atoms with Crippen LogP contribution in [0.25, 0.3) is 0 Å². The van der Waals surface area contributed by atoms with Crippen molar-refractivity contribution < 1.29 is 4.74 Å². The molecule has 0 unspecified atom stereocenters. The number of hydrogen-bond acceptors (Lipinski definition) is 2. The first-order valence-electron chi connectivity index (χ1n) is 3.72. The summed E-state index contributed by atoms with van der Waals surface area (Å²) in [5, 5.41) is 0.703. The third-order valence-corrected chi connectivity index (χ3v) is 1.96. The van der Waals surface area contributed by atoms with Gasteiger partial charge in [-0.2, -0.15) is 0 Å². The van der Waals surface area contributed by atoms with Crippen molar-refractivity contribution >= 4 is 11.6 Å². The molecular weight excluding hydrogens is 174 g/mol. The lowest BCUT2D eigenvalue weighted by Gasteiger charge is -2.09. The van der Waals surface area contributed by atoms with Crippen molar-refractivity contribution in [3.63, 3.8) is 0 Å². The van der Waals surface area contributed by atoms with Crippen LogP contribution in [0.5, 0.6) is 5.75 Å². The predicted octanol–water partition coefficient (Wildman–Crippen LogP) is 2.12. The maximum Gasteiger partial charge on any atom is 0.126 e. The fourth-order valence-corrected chi connectivity index (χ4v) is 1.54. The number of rotatable bonds is 2. The number of nitrogens with two attached hydrogens (primary N) is 1. The third-order valence-electron chi connectivity index (χ3n) is 1.74. The van der Waals surface area contributed by atoms with Crippen LogP contribution in [0, 0.1) is 6.92 Å². The average molecular weight is 186 g/mol. The van der Waals surface area contributed by atoms with Crippen LogP contribution in [0.4, 0.5) is 0 Å². The van der Waals surface area contributed by atoms with E-state index in [1.807, 2.05) is 19.1 Å². The van der Waals surface area contributed by atoms with E-state index >= 15 is 0 Å². The standard InChI is InChI=1S/C9H12ClNO/c1-6-3-8(10)4-7(5-11)9(6)12-2/h3-4H,5,11H2,1-2H3. The van der Waals surface area contributed by atoms with E-state index in [0.717, 1.165) is 16.9 Å². The molecule has 2 nitrogen and oxygen atoms in total. The molecule has 1 rings (SSSR count). The molecule has 0 spiro atoms. The zero-order chi connectivity index (χ0) is 9.14. The summed E-state index contributed by atoms with van der Waals surface area (Å²) in [5.74, 6) is 0.835. The largest absolute Gasteiger partial charge is 0.496 e. The minimum absolute atomic E-state index is 0.449. The van der Waals surface area contributed by atoms with Gasteiger partial charge in [-0.15, -0.1) is 0 Å². The van der Waals surface area contributed by atoms with Gasteiger partial charge in [0.25, 0.3) is 0 Å². The van der Waals surface area contributed by atoms with E-state index in [1.54, 1.807) is 7.11 Å². The fraction of sp³-hybridized carbons (Fsp3) is 0.333. The van der Waals surface area contributed by atoms with Gasteiger partial charge in [0.15, 0.2) is 0 Å². The second-order valence-electron chi connectivity index (χ2n) is 2.62. The smallest absolute Gasteiger partial charge is 0.126 e. The summed E-state index contributed by atoms with van der Waals surface area (Å²) in [6, 6.07) is 3.69. The molecule has 0 aliphatic heterocycles. The maximum atomic E-state index is 5.85. The van der Waals surface area contributed by atoms with Crippen LogP contribution in [0.15, 0.2) is 12.1 Å². The van der Waals surface area contributed by atoms with E-state index in [4.69, 9.17) is 22.1 Å². The van der Waals surface area contributed by atoms with E-state index in [1.165, 1.54) is 0 Å². The average Bonchev–Trinajstić information content (AvgIpc) is 2.03. The molecule has 1 aromatic rings. The normalized spacial score (nSPS) is 10.0. The van der Waals surface area contributed by atoms with Crippen LogP contribution in [-0.4, -0.2) is 7.11 Å². The number of aryl methyl sites for hydroxylation is 1. The van der Waals surface area contributed by atoms with Crippen LogP contribution in [0.3, 0.4) is 0 Å². The van der Waals surface area contributed by atoms with Crippen molar-refractivity contribution in [2.24, 2.45) is 5.73 Å². The third kappa shape index (κ3) is 1.71. The van der Waals surface area contributed by atoms with Crippen molar-refractivity contribution in [1.82, 2.24) is 0 Å². The Balaban J connectivity index is 3.24. The first-order valence-corrected chi connectivity index (χ1v) is 4.10. The Kier molecular flexibility index (Phi) is 2.95. The number of methoxy groups -OCH3 is 1. The van der Waals surface area contributed by atoms with Gasteiger partial charge in [0, 0.05) is 17.1 Å². The van der Waals surface area contributed by atoms with Crippen LogP contribution in [0.2, 0.25) is 5.02 Å². The van der Waals surface area contributed by atoms with E-state index in [-0.39, 0.29) is 0 Å². The highest BCUT2D eigenvalue weighted by Gasteiger charge is 2.05. The van der Waals surface area contributed by atoms with Crippen LogP contribution in [0.1, 0.15) is 11.1 Å². The number of benzene rings is 1. The van der Waals surface area contributed by atoms with Crippen LogP contribution >= 0.6 is 11.6 Å². The summed E-state index contributed by atoms with van der Waals surface area (Å²) in [6.07, 6.45) is 0. The quantitative estimate of drug-likeness (QED) is 0.766. The Bertz CT molecular complexity index is 286. The Labute approximate surface area is 77.3 Å². The van der Waals surface area contributed by atoms with Gasteiger partial charge in [-0.1, -0.05) is 11.6 Å². The van der Waals surface area contributed by atoms with Gasteiger partial charge in [-0.25, -0.2) is 0 Å². The molecule has 0 bridgehead atoms.